The van der Waals surface area contributed by atoms with E-state index in [2.05, 4.69) is 28.6 Å². The van der Waals surface area contributed by atoms with Crippen molar-refractivity contribution in [3.05, 3.63) is 102 Å². The maximum atomic E-state index is 13.7. The van der Waals surface area contributed by atoms with Crippen LogP contribution in [-0.2, 0) is 11.3 Å². The summed E-state index contributed by atoms with van der Waals surface area (Å²) in [5.41, 5.74) is 5.35. The summed E-state index contributed by atoms with van der Waals surface area (Å²) in [5, 5.41) is 8.60. The highest BCUT2D eigenvalue weighted by atomic mass is 16.5. The van der Waals surface area contributed by atoms with E-state index >= 15 is 0 Å². The van der Waals surface area contributed by atoms with Crippen molar-refractivity contribution in [2.24, 2.45) is 0 Å². The van der Waals surface area contributed by atoms with Crippen molar-refractivity contribution in [1.29, 1.82) is 0 Å². The Hall–Kier alpha value is -3.97. The van der Waals surface area contributed by atoms with Crippen molar-refractivity contribution in [2.75, 3.05) is 18.5 Å². The second-order valence-corrected chi connectivity index (χ2v) is 9.04. The van der Waals surface area contributed by atoms with Gasteiger partial charge in [-0.1, -0.05) is 42.5 Å². The van der Waals surface area contributed by atoms with Crippen LogP contribution in [-0.4, -0.2) is 44.8 Å². The molecule has 0 unspecified atom stereocenters. The average Bonchev–Trinajstić information content (AvgIpc) is 3.57. The number of nitrogens with zero attached hydrogens (tertiary/aromatic N) is 4. The van der Waals surface area contributed by atoms with Crippen LogP contribution in [0.25, 0.3) is 11.3 Å². The number of benzene rings is 2. The molecule has 0 saturated carbocycles. The van der Waals surface area contributed by atoms with Crippen molar-refractivity contribution in [2.45, 2.75) is 31.7 Å². The number of anilines is 1. The normalized spacial score (nSPS) is 19.4. The number of hydrogen-bond donors (Lipinski definition) is 1. The molecule has 1 N–H and O–H groups in total. The van der Waals surface area contributed by atoms with E-state index in [0.29, 0.717) is 18.7 Å². The van der Waals surface area contributed by atoms with Gasteiger partial charge < -0.3 is 15.0 Å². The SMILES string of the molecule is O=C1c2ccccc2N[C@@H](c2cn(Cc3ccccc3)nc2-c2cccnc2)N1C[C@H]1CCCO1. The molecule has 0 spiro atoms. The van der Waals surface area contributed by atoms with Crippen LogP contribution >= 0.6 is 0 Å². The lowest BCUT2D eigenvalue weighted by Crippen LogP contribution is -2.46. The molecule has 2 atom stereocenters. The van der Waals surface area contributed by atoms with Gasteiger partial charge in [0.2, 0.25) is 0 Å². The number of hydrogen-bond acceptors (Lipinski definition) is 5. The maximum Gasteiger partial charge on any atom is 0.257 e. The van der Waals surface area contributed by atoms with Gasteiger partial charge in [0.1, 0.15) is 11.9 Å². The maximum absolute atomic E-state index is 13.7. The van der Waals surface area contributed by atoms with Crippen molar-refractivity contribution in [3.63, 3.8) is 0 Å². The minimum atomic E-state index is -0.374. The number of amides is 1. The Morgan fingerprint density at radius 2 is 1.89 bits per heavy atom. The molecule has 4 aromatic rings. The number of fused-ring (bicyclic) bond motifs is 1. The van der Waals surface area contributed by atoms with E-state index in [1.54, 1.807) is 6.20 Å². The minimum absolute atomic E-state index is 0.00722. The minimum Gasteiger partial charge on any atom is -0.376 e. The highest BCUT2D eigenvalue weighted by molar-refractivity contribution is 6.01. The van der Waals surface area contributed by atoms with Gasteiger partial charge >= 0.3 is 0 Å². The van der Waals surface area contributed by atoms with Gasteiger partial charge in [0.15, 0.2) is 0 Å². The first-order chi connectivity index (χ1) is 17.3. The van der Waals surface area contributed by atoms with E-state index < -0.39 is 0 Å². The van der Waals surface area contributed by atoms with E-state index in [4.69, 9.17) is 9.84 Å². The van der Waals surface area contributed by atoms with Crippen LogP contribution in [0.15, 0.2) is 85.3 Å². The Balaban J connectivity index is 1.44. The first-order valence-electron chi connectivity index (χ1n) is 12.1. The number of ether oxygens (including phenoxy) is 1. The summed E-state index contributed by atoms with van der Waals surface area (Å²) >= 11 is 0. The van der Waals surface area contributed by atoms with Gasteiger partial charge in [0.05, 0.1) is 18.2 Å². The number of nitrogens with one attached hydrogen (secondary N) is 1. The van der Waals surface area contributed by atoms with E-state index in [0.717, 1.165) is 47.5 Å². The number of rotatable bonds is 6. The monoisotopic (exact) mass is 465 g/mol. The number of para-hydroxylation sites is 1. The molecular weight excluding hydrogens is 438 g/mol. The largest absolute Gasteiger partial charge is 0.376 e. The fourth-order valence-electron chi connectivity index (χ4n) is 4.95. The molecular formula is C28H27N5O2. The summed E-state index contributed by atoms with van der Waals surface area (Å²) in [6, 6.07) is 21.9. The lowest BCUT2D eigenvalue weighted by Gasteiger charge is -2.39. The smallest absolute Gasteiger partial charge is 0.257 e. The molecule has 4 heterocycles. The predicted octanol–water partition coefficient (Wildman–Crippen LogP) is 4.74. The fourth-order valence-corrected chi connectivity index (χ4v) is 4.95. The van der Waals surface area contributed by atoms with Crippen LogP contribution in [0, 0.1) is 0 Å². The standard InChI is InChI=1S/C28H27N5O2/c34-28-23-12-4-5-13-25(23)30-27(33(28)18-22-11-7-15-35-22)24-19-32(17-20-8-2-1-3-9-20)31-26(24)21-10-6-14-29-16-21/h1-6,8-10,12-14,16,19,22,27,30H,7,11,15,17-18H2/t22-,27-/m1/s1. The molecule has 2 aliphatic rings. The molecule has 0 aliphatic carbocycles. The Labute approximate surface area is 204 Å². The van der Waals surface area contributed by atoms with E-state index in [-0.39, 0.29) is 18.2 Å². The van der Waals surface area contributed by atoms with Crippen molar-refractivity contribution < 1.29 is 9.53 Å². The van der Waals surface area contributed by atoms with E-state index in [9.17, 15) is 4.79 Å². The summed E-state index contributed by atoms with van der Waals surface area (Å²) in [6.45, 7) is 1.91. The third kappa shape index (κ3) is 4.31. The van der Waals surface area contributed by atoms with Crippen molar-refractivity contribution in [3.8, 4) is 11.3 Å². The van der Waals surface area contributed by atoms with Gasteiger partial charge in [-0.25, -0.2) is 0 Å². The molecule has 0 bridgehead atoms. The van der Waals surface area contributed by atoms with Gasteiger partial charge in [-0.2, -0.15) is 5.10 Å². The Bertz CT molecular complexity index is 1320. The summed E-state index contributed by atoms with van der Waals surface area (Å²) in [5.74, 6) is 0.00722. The second-order valence-electron chi connectivity index (χ2n) is 9.04. The molecule has 1 amide bonds. The summed E-state index contributed by atoms with van der Waals surface area (Å²) in [7, 11) is 0. The highest BCUT2D eigenvalue weighted by Gasteiger charge is 2.37. The third-order valence-corrected chi connectivity index (χ3v) is 6.65. The first-order valence-corrected chi connectivity index (χ1v) is 12.1. The number of carbonyl (C=O) groups is 1. The van der Waals surface area contributed by atoms with Gasteiger partial charge in [0, 0.05) is 48.6 Å². The average molecular weight is 466 g/mol. The molecule has 35 heavy (non-hydrogen) atoms. The van der Waals surface area contributed by atoms with Crippen LogP contribution in [0.1, 0.15) is 40.5 Å². The fraction of sp³-hybridized carbons (Fsp3) is 0.250. The van der Waals surface area contributed by atoms with Crippen LogP contribution in [0.4, 0.5) is 5.69 Å². The second kappa shape index (κ2) is 9.35. The number of carbonyl (C=O) groups excluding carboxylic acids is 1. The zero-order chi connectivity index (χ0) is 23.6. The zero-order valence-corrected chi connectivity index (χ0v) is 19.4. The number of aromatic nitrogens is 3. The zero-order valence-electron chi connectivity index (χ0n) is 19.4. The third-order valence-electron chi connectivity index (χ3n) is 6.65. The van der Waals surface area contributed by atoms with Crippen molar-refractivity contribution >= 4 is 11.6 Å². The highest BCUT2D eigenvalue weighted by Crippen LogP contribution is 2.37. The Morgan fingerprint density at radius 1 is 1.03 bits per heavy atom. The van der Waals surface area contributed by atoms with Gasteiger partial charge in [-0.15, -0.1) is 0 Å². The molecule has 176 valence electrons. The van der Waals surface area contributed by atoms with Crippen LogP contribution in [0.2, 0.25) is 0 Å². The molecule has 2 aromatic heterocycles. The van der Waals surface area contributed by atoms with E-state index in [1.165, 1.54) is 0 Å². The molecule has 2 aromatic carbocycles. The molecule has 2 aliphatic heterocycles. The number of pyridine rings is 1. The Kier molecular flexibility index (Phi) is 5.76. The van der Waals surface area contributed by atoms with Gasteiger partial charge in [-0.3, -0.25) is 14.5 Å². The quantitative estimate of drug-likeness (QED) is 0.445. The summed E-state index contributed by atoms with van der Waals surface area (Å²) in [4.78, 5) is 20.0. The van der Waals surface area contributed by atoms with Crippen molar-refractivity contribution in [1.82, 2.24) is 19.7 Å². The lowest BCUT2D eigenvalue weighted by molar-refractivity contribution is 0.0427. The van der Waals surface area contributed by atoms with Gasteiger partial charge in [-0.05, 0) is 42.7 Å². The molecule has 1 saturated heterocycles. The molecule has 7 nitrogen and oxygen atoms in total. The molecule has 7 heteroatoms. The lowest BCUT2D eigenvalue weighted by atomic mass is 10.0. The van der Waals surface area contributed by atoms with Crippen LogP contribution < -0.4 is 5.32 Å². The Morgan fingerprint density at radius 3 is 2.69 bits per heavy atom. The molecule has 6 rings (SSSR count). The van der Waals surface area contributed by atoms with Gasteiger partial charge in [0.25, 0.3) is 5.91 Å². The van der Waals surface area contributed by atoms with Crippen LogP contribution in [0.3, 0.4) is 0 Å². The van der Waals surface area contributed by atoms with Crippen LogP contribution in [0.5, 0.6) is 0 Å². The molecule has 0 radical (unpaired) electrons. The first kappa shape index (κ1) is 21.6. The van der Waals surface area contributed by atoms with E-state index in [1.807, 2.05) is 70.4 Å². The molecule has 1 fully saturated rings. The summed E-state index contributed by atoms with van der Waals surface area (Å²) in [6.07, 6.45) is 7.28. The topological polar surface area (TPSA) is 72.3 Å². The predicted molar refractivity (Wildman–Crippen MR) is 134 cm³/mol. The summed E-state index contributed by atoms with van der Waals surface area (Å²) < 4.78 is 7.87.